The van der Waals surface area contributed by atoms with E-state index in [2.05, 4.69) is 29.2 Å². The van der Waals surface area contributed by atoms with Gasteiger partial charge in [0.2, 0.25) is 5.88 Å². The molecule has 0 N–H and O–H groups in total. The van der Waals surface area contributed by atoms with Crippen LogP contribution in [-0.2, 0) is 12.3 Å². The molecule has 1 unspecified atom stereocenters. The number of fused-ring (bicyclic) bond motifs is 1. The normalized spacial score (nSPS) is 17.8. The van der Waals surface area contributed by atoms with Gasteiger partial charge in [-0.25, -0.2) is 4.98 Å². The summed E-state index contributed by atoms with van der Waals surface area (Å²) in [7, 11) is 0. The molecule has 0 saturated heterocycles. The Balaban J connectivity index is 1.88. The molecule has 0 bridgehead atoms. The number of pyridine rings is 1. The minimum atomic E-state index is 0.0989. The molecule has 0 spiro atoms. The van der Waals surface area contributed by atoms with Crippen molar-refractivity contribution in [2.24, 2.45) is 0 Å². The molecule has 98 valence electrons. The number of benzene rings is 1. The number of aryl methyl sites for hydroxylation is 1. The van der Waals surface area contributed by atoms with E-state index in [0.717, 1.165) is 24.8 Å². The molecule has 0 fully saturated rings. The summed E-state index contributed by atoms with van der Waals surface area (Å²) in [6.45, 7) is 0. The maximum atomic E-state index is 6.11. The van der Waals surface area contributed by atoms with Crippen molar-refractivity contribution in [3.05, 3.63) is 59.3 Å². The van der Waals surface area contributed by atoms with Crippen LogP contribution >= 0.6 is 11.6 Å². The van der Waals surface area contributed by atoms with Crippen molar-refractivity contribution >= 4 is 11.6 Å². The van der Waals surface area contributed by atoms with Crippen molar-refractivity contribution in [2.45, 2.75) is 31.2 Å². The molecule has 0 amide bonds. The first kappa shape index (κ1) is 12.5. The molecule has 3 heteroatoms. The molecule has 1 aliphatic rings. The van der Waals surface area contributed by atoms with Crippen molar-refractivity contribution in [1.29, 1.82) is 0 Å². The molecule has 0 radical (unpaired) electrons. The fourth-order valence-electron chi connectivity index (χ4n) is 2.60. The Morgan fingerprint density at radius 2 is 2.11 bits per heavy atom. The molecular formula is C16H16ClNO. The van der Waals surface area contributed by atoms with Gasteiger partial charge in [0.1, 0.15) is 6.10 Å². The zero-order valence-corrected chi connectivity index (χ0v) is 11.4. The molecule has 1 aliphatic carbocycles. The highest BCUT2D eigenvalue weighted by Crippen LogP contribution is 2.34. The second-order valence-electron chi connectivity index (χ2n) is 4.80. The van der Waals surface area contributed by atoms with E-state index in [9.17, 15) is 0 Å². The molecule has 1 aromatic carbocycles. The van der Waals surface area contributed by atoms with Gasteiger partial charge < -0.3 is 4.74 Å². The van der Waals surface area contributed by atoms with E-state index < -0.39 is 0 Å². The highest BCUT2D eigenvalue weighted by Gasteiger charge is 2.22. The Hall–Kier alpha value is -1.54. The van der Waals surface area contributed by atoms with Gasteiger partial charge in [0.15, 0.2) is 0 Å². The topological polar surface area (TPSA) is 22.1 Å². The van der Waals surface area contributed by atoms with Gasteiger partial charge in [-0.15, -0.1) is 11.6 Å². The van der Waals surface area contributed by atoms with Crippen LogP contribution in [-0.4, -0.2) is 4.98 Å². The average molecular weight is 274 g/mol. The molecule has 0 aliphatic heterocycles. The SMILES string of the molecule is ClCc1cccnc1OC1CCCc2ccccc21. The summed E-state index contributed by atoms with van der Waals surface area (Å²) in [5.74, 6) is 1.09. The Morgan fingerprint density at radius 1 is 1.21 bits per heavy atom. The van der Waals surface area contributed by atoms with E-state index in [4.69, 9.17) is 16.3 Å². The van der Waals surface area contributed by atoms with E-state index in [1.807, 2.05) is 12.1 Å². The van der Waals surface area contributed by atoms with E-state index >= 15 is 0 Å². The molecule has 2 aromatic rings. The van der Waals surface area contributed by atoms with Crippen LogP contribution in [0.2, 0.25) is 0 Å². The summed E-state index contributed by atoms with van der Waals surface area (Å²) in [4.78, 5) is 4.31. The quantitative estimate of drug-likeness (QED) is 0.779. The van der Waals surface area contributed by atoms with Gasteiger partial charge in [-0.1, -0.05) is 30.3 Å². The van der Waals surface area contributed by atoms with Gasteiger partial charge in [0, 0.05) is 11.8 Å². The van der Waals surface area contributed by atoms with E-state index in [1.165, 1.54) is 11.1 Å². The van der Waals surface area contributed by atoms with Crippen molar-refractivity contribution in [1.82, 2.24) is 4.98 Å². The Kier molecular flexibility index (Phi) is 3.69. The van der Waals surface area contributed by atoms with Crippen molar-refractivity contribution in [2.75, 3.05) is 0 Å². The fraction of sp³-hybridized carbons (Fsp3) is 0.312. The molecular weight excluding hydrogens is 258 g/mol. The van der Waals surface area contributed by atoms with Crippen molar-refractivity contribution in [3.63, 3.8) is 0 Å². The fourth-order valence-corrected chi connectivity index (χ4v) is 2.80. The van der Waals surface area contributed by atoms with Crippen molar-refractivity contribution in [3.8, 4) is 5.88 Å². The first-order valence-electron chi connectivity index (χ1n) is 6.63. The van der Waals surface area contributed by atoms with Crippen LogP contribution in [0.5, 0.6) is 5.88 Å². The minimum absolute atomic E-state index is 0.0989. The molecule has 1 atom stereocenters. The van der Waals surface area contributed by atoms with Crippen molar-refractivity contribution < 1.29 is 4.74 Å². The number of hydrogen-bond donors (Lipinski definition) is 0. The summed E-state index contributed by atoms with van der Waals surface area (Å²) in [5, 5.41) is 0. The predicted octanol–water partition coefficient (Wildman–Crippen LogP) is 4.28. The van der Waals surface area contributed by atoms with Crippen LogP contribution in [0.1, 0.15) is 35.6 Å². The second kappa shape index (κ2) is 5.62. The first-order chi connectivity index (χ1) is 9.38. The first-order valence-corrected chi connectivity index (χ1v) is 7.16. The van der Waals surface area contributed by atoms with Gasteiger partial charge in [-0.05, 0) is 36.5 Å². The predicted molar refractivity (Wildman–Crippen MR) is 76.5 cm³/mol. The highest BCUT2D eigenvalue weighted by molar-refractivity contribution is 6.17. The number of halogens is 1. The van der Waals surface area contributed by atoms with E-state index in [-0.39, 0.29) is 6.10 Å². The molecule has 0 saturated carbocycles. The number of rotatable bonds is 3. The zero-order chi connectivity index (χ0) is 13.1. The van der Waals surface area contributed by atoms with Crippen LogP contribution in [0.3, 0.4) is 0 Å². The van der Waals surface area contributed by atoms with E-state index in [1.54, 1.807) is 6.20 Å². The minimum Gasteiger partial charge on any atom is -0.469 e. The lowest BCUT2D eigenvalue weighted by Gasteiger charge is -2.26. The number of nitrogens with zero attached hydrogens (tertiary/aromatic N) is 1. The standard InChI is InChI=1S/C16H16ClNO/c17-11-13-7-4-10-18-16(13)19-15-9-3-6-12-5-1-2-8-14(12)15/h1-2,4-5,7-8,10,15H,3,6,9,11H2. The monoisotopic (exact) mass is 273 g/mol. The number of alkyl halides is 1. The third-order valence-electron chi connectivity index (χ3n) is 3.56. The maximum Gasteiger partial charge on any atom is 0.218 e. The lowest BCUT2D eigenvalue weighted by Crippen LogP contribution is -2.16. The summed E-state index contributed by atoms with van der Waals surface area (Å²) in [6.07, 6.45) is 5.18. The van der Waals surface area contributed by atoms with Gasteiger partial charge in [-0.2, -0.15) is 0 Å². The van der Waals surface area contributed by atoms with Gasteiger partial charge >= 0.3 is 0 Å². The molecule has 1 aromatic heterocycles. The third-order valence-corrected chi connectivity index (χ3v) is 3.85. The second-order valence-corrected chi connectivity index (χ2v) is 5.07. The summed E-state index contributed by atoms with van der Waals surface area (Å²) >= 11 is 5.93. The average Bonchev–Trinajstić information content (AvgIpc) is 2.48. The molecule has 3 rings (SSSR count). The number of aromatic nitrogens is 1. The lowest BCUT2D eigenvalue weighted by molar-refractivity contribution is 0.174. The Morgan fingerprint density at radius 3 is 3.00 bits per heavy atom. The van der Waals surface area contributed by atoms with Crippen LogP contribution < -0.4 is 4.74 Å². The summed E-state index contributed by atoms with van der Waals surface area (Å²) < 4.78 is 6.11. The Bertz CT molecular complexity index is 570. The molecule has 1 heterocycles. The smallest absolute Gasteiger partial charge is 0.218 e. The highest BCUT2D eigenvalue weighted by atomic mass is 35.5. The summed E-state index contributed by atoms with van der Waals surface area (Å²) in [6, 6.07) is 12.4. The van der Waals surface area contributed by atoms with Gasteiger partial charge in [-0.3, -0.25) is 0 Å². The maximum absolute atomic E-state index is 6.11. The zero-order valence-electron chi connectivity index (χ0n) is 10.7. The number of ether oxygens (including phenoxy) is 1. The van der Waals surface area contributed by atoms with Gasteiger partial charge in [0.25, 0.3) is 0 Å². The van der Waals surface area contributed by atoms with Gasteiger partial charge in [0.05, 0.1) is 5.88 Å². The Labute approximate surface area is 118 Å². The van der Waals surface area contributed by atoms with Crippen LogP contribution in [0.25, 0.3) is 0 Å². The lowest BCUT2D eigenvalue weighted by atomic mass is 9.89. The van der Waals surface area contributed by atoms with E-state index in [0.29, 0.717) is 11.8 Å². The summed E-state index contributed by atoms with van der Waals surface area (Å²) in [5.41, 5.74) is 3.63. The van der Waals surface area contributed by atoms with Crippen LogP contribution in [0.4, 0.5) is 0 Å². The third kappa shape index (κ3) is 2.59. The molecule has 2 nitrogen and oxygen atoms in total. The van der Waals surface area contributed by atoms with Crippen LogP contribution in [0.15, 0.2) is 42.6 Å². The molecule has 19 heavy (non-hydrogen) atoms. The largest absolute Gasteiger partial charge is 0.469 e. The van der Waals surface area contributed by atoms with Crippen LogP contribution in [0, 0.1) is 0 Å². The number of hydrogen-bond acceptors (Lipinski definition) is 2.